The fraction of sp³-hybridized carbons (Fsp3) is 0.167. The van der Waals surface area contributed by atoms with Crippen LogP contribution < -0.4 is 10.6 Å². The number of nitrogens with one attached hydrogen (secondary N) is 2. The average Bonchev–Trinajstić information content (AvgIpc) is 2.64. The third kappa shape index (κ3) is 4.29. The second-order valence-electron chi connectivity index (χ2n) is 6.05. The van der Waals surface area contributed by atoms with Crippen LogP contribution in [-0.2, 0) is 0 Å². The Morgan fingerprint density at radius 3 is 2.30 bits per heavy atom. The molecule has 0 atom stereocenters. The number of halogens is 1. The minimum Gasteiger partial charge on any atom is -0.334 e. The first-order chi connectivity index (χ1) is 13.0. The molecule has 0 fully saturated rings. The van der Waals surface area contributed by atoms with E-state index in [1.54, 1.807) is 12.1 Å². The lowest BCUT2D eigenvalue weighted by Gasteiger charge is -2.11. The lowest BCUT2D eigenvalue weighted by molar-refractivity contribution is -0.383. The number of hydrogen-bond acceptors (Lipinski definition) is 7. The summed E-state index contributed by atoms with van der Waals surface area (Å²) in [7, 11) is 0. The van der Waals surface area contributed by atoms with Crippen LogP contribution in [0.3, 0.4) is 0 Å². The second-order valence-corrected chi connectivity index (χ2v) is 6.40. The van der Waals surface area contributed by atoms with Crippen molar-refractivity contribution < 1.29 is 4.92 Å². The monoisotopic (exact) mass is 384 g/mol. The number of nitro groups is 1. The van der Waals surface area contributed by atoms with Gasteiger partial charge in [-0.1, -0.05) is 37.6 Å². The molecule has 0 aliphatic rings. The van der Waals surface area contributed by atoms with Gasteiger partial charge in [0.25, 0.3) is 0 Å². The van der Waals surface area contributed by atoms with E-state index in [2.05, 4.69) is 39.4 Å². The van der Waals surface area contributed by atoms with Gasteiger partial charge in [0.1, 0.15) is 6.33 Å². The third-order valence-electron chi connectivity index (χ3n) is 3.86. The fourth-order valence-corrected chi connectivity index (χ4v) is 2.60. The molecule has 138 valence electrons. The zero-order valence-electron chi connectivity index (χ0n) is 14.7. The number of hydrogen-bond donors (Lipinski definition) is 2. The molecule has 0 radical (unpaired) electrons. The molecule has 9 heteroatoms. The minimum absolute atomic E-state index is 0.0196. The van der Waals surface area contributed by atoms with Crippen LogP contribution in [0.15, 0.2) is 48.9 Å². The summed E-state index contributed by atoms with van der Waals surface area (Å²) in [6.45, 7) is 4.19. The van der Waals surface area contributed by atoms with Crippen LogP contribution in [-0.4, -0.2) is 19.9 Å². The van der Waals surface area contributed by atoms with E-state index >= 15 is 0 Å². The van der Waals surface area contributed by atoms with Crippen molar-refractivity contribution in [2.24, 2.45) is 0 Å². The summed E-state index contributed by atoms with van der Waals surface area (Å²) in [5.41, 5.74) is 1.98. The molecule has 3 aromatic rings. The van der Waals surface area contributed by atoms with Crippen LogP contribution in [0.25, 0.3) is 0 Å². The SMILES string of the molecule is CC(C)c1ccc(Nc2ncnc(Nc3cccnc3Cl)c2[N+](=O)[O-])cc1. The number of rotatable bonds is 6. The molecular formula is C18H17ClN6O2. The van der Waals surface area contributed by atoms with E-state index in [9.17, 15) is 10.1 Å². The van der Waals surface area contributed by atoms with E-state index in [4.69, 9.17) is 11.6 Å². The van der Waals surface area contributed by atoms with Crippen molar-refractivity contribution in [2.45, 2.75) is 19.8 Å². The summed E-state index contributed by atoms with van der Waals surface area (Å²) in [5.74, 6) is 0.494. The van der Waals surface area contributed by atoms with Gasteiger partial charge in [-0.2, -0.15) is 0 Å². The number of pyridine rings is 1. The Balaban J connectivity index is 1.94. The van der Waals surface area contributed by atoms with Crippen LogP contribution in [0.2, 0.25) is 5.15 Å². The molecule has 0 aliphatic carbocycles. The Hall–Kier alpha value is -3.26. The quantitative estimate of drug-likeness (QED) is 0.348. The molecule has 0 unspecified atom stereocenters. The van der Waals surface area contributed by atoms with Crippen LogP contribution >= 0.6 is 11.6 Å². The second kappa shape index (κ2) is 7.96. The van der Waals surface area contributed by atoms with Crippen LogP contribution in [0.5, 0.6) is 0 Å². The molecule has 0 amide bonds. The minimum atomic E-state index is -0.544. The maximum Gasteiger partial charge on any atom is 0.353 e. The molecule has 2 aromatic heterocycles. The van der Waals surface area contributed by atoms with Crippen molar-refractivity contribution in [3.63, 3.8) is 0 Å². The van der Waals surface area contributed by atoms with Gasteiger partial charge in [-0.15, -0.1) is 0 Å². The molecule has 0 aliphatic heterocycles. The van der Waals surface area contributed by atoms with Gasteiger partial charge < -0.3 is 10.6 Å². The summed E-state index contributed by atoms with van der Waals surface area (Å²) < 4.78 is 0. The van der Waals surface area contributed by atoms with Gasteiger partial charge in [0.2, 0.25) is 11.6 Å². The van der Waals surface area contributed by atoms with Gasteiger partial charge >= 0.3 is 5.69 Å². The number of anilines is 4. The maximum atomic E-state index is 11.6. The van der Waals surface area contributed by atoms with Crippen molar-refractivity contribution in [3.05, 3.63) is 69.8 Å². The Labute approximate surface area is 160 Å². The molecule has 8 nitrogen and oxygen atoms in total. The normalized spacial score (nSPS) is 10.7. The average molecular weight is 385 g/mol. The largest absolute Gasteiger partial charge is 0.353 e. The van der Waals surface area contributed by atoms with E-state index in [0.29, 0.717) is 17.3 Å². The fourth-order valence-electron chi connectivity index (χ4n) is 2.43. The number of aromatic nitrogens is 3. The summed E-state index contributed by atoms with van der Waals surface area (Å²) in [4.78, 5) is 23.1. The molecule has 1 aromatic carbocycles. The van der Waals surface area contributed by atoms with E-state index in [1.807, 2.05) is 24.3 Å². The van der Waals surface area contributed by atoms with Crippen molar-refractivity contribution in [2.75, 3.05) is 10.6 Å². The van der Waals surface area contributed by atoms with Gasteiger partial charge in [-0.25, -0.2) is 15.0 Å². The zero-order valence-corrected chi connectivity index (χ0v) is 15.4. The van der Waals surface area contributed by atoms with Crippen LogP contribution in [0.1, 0.15) is 25.3 Å². The molecule has 27 heavy (non-hydrogen) atoms. The predicted molar refractivity (Wildman–Crippen MR) is 105 cm³/mol. The first-order valence-corrected chi connectivity index (χ1v) is 8.57. The van der Waals surface area contributed by atoms with E-state index < -0.39 is 4.92 Å². The molecule has 2 N–H and O–H groups in total. The van der Waals surface area contributed by atoms with E-state index in [-0.39, 0.29) is 22.5 Å². The van der Waals surface area contributed by atoms with Crippen molar-refractivity contribution in [1.29, 1.82) is 0 Å². The molecule has 0 saturated carbocycles. The molecule has 0 bridgehead atoms. The van der Waals surface area contributed by atoms with Gasteiger partial charge in [0.05, 0.1) is 10.6 Å². The zero-order chi connectivity index (χ0) is 19.4. The van der Waals surface area contributed by atoms with E-state index in [0.717, 1.165) is 0 Å². The maximum absolute atomic E-state index is 11.6. The van der Waals surface area contributed by atoms with Crippen molar-refractivity contribution in [3.8, 4) is 0 Å². The summed E-state index contributed by atoms with van der Waals surface area (Å²) in [5, 5.41) is 17.7. The van der Waals surface area contributed by atoms with Crippen LogP contribution in [0, 0.1) is 10.1 Å². The molecule has 0 saturated heterocycles. The molecular weight excluding hydrogens is 368 g/mol. The Morgan fingerprint density at radius 1 is 1.04 bits per heavy atom. The predicted octanol–water partition coefficient (Wildman–Crippen LogP) is 5.04. The van der Waals surface area contributed by atoms with Crippen LogP contribution in [0.4, 0.5) is 28.7 Å². The molecule has 0 spiro atoms. The highest BCUT2D eigenvalue weighted by atomic mass is 35.5. The van der Waals surface area contributed by atoms with Gasteiger partial charge in [0.15, 0.2) is 5.15 Å². The summed E-state index contributed by atoms with van der Waals surface area (Å²) >= 11 is 6.01. The summed E-state index contributed by atoms with van der Waals surface area (Å²) in [6.07, 6.45) is 2.76. The highest BCUT2D eigenvalue weighted by Crippen LogP contribution is 2.34. The molecule has 3 rings (SSSR count). The number of nitrogens with zero attached hydrogens (tertiary/aromatic N) is 4. The van der Waals surface area contributed by atoms with Gasteiger partial charge in [0, 0.05) is 11.9 Å². The smallest absolute Gasteiger partial charge is 0.334 e. The third-order valence-corrected chi connectivity index (χ3v) is 4.16. The first kappa shape index (κ1) is 18.5. The highest BCUT2D eigenvalue weighted by Gasteiger charge is 2.24. The lowest BCUT2D eigenvalue weighted by atomic mass is 10.0. The summed E-state index contributed by atoms with van der Waals surface area (Å²) in [6, 6.07) is 11.0. The van der Waals surface area contributed by atoms with Crippen molar-refractivity contribution in [1.82, 2.24) is 15.0 Å². The Kier molecular flexibility index (Phi) is 5.46. The lowest BCUT2D eigenvalue weighted by Crippen LogP contribution is -2.06. The topological polar surface area (TPSA) is 106 Å². The van der Waals surface area contributed by atoms with Gasteiger partial charge in [-0.3, -0.25) is 10.1 Å². The van der Waals surface area contributed by atoms with Crippen molar-refractivity contribution >= 4 is 40.3 Å². The Bertz CT molecular complexity index is 962. The Morgan fingerprint density at radius 2 is 1.70 bits per heavy atom. The van der Waals surface area contributed by atoms with Gasteiger partial charge in [-0.05, 0) is 35.7 Å². The van der Waals surface area contributed by atoms with E-state index in [1.165, 1.54) is 18.1 Å². The number of benzene rings is 1. The molecule has 2 heterocycles. The first-order valence-electron chi connectivity index (χ1n) is 8.19. The highest BCUT2D eigenvalue weighted by molar-refractivity contribution is 6.32. The standard InChI is InChI=1S/C18H17ClN6O2/c1-11(2)12-5-7-13(8-6-12)23-17-15(25(26)27)18(22-10-21-17)24-14-4-3-9-20-16(14)19/h3-11H,1-2H3,(H2,21,22,23,24).